The van der Waals surface area contributed by atoms with Crippen molar-refractivity contribution in [2.75, 3.05) is 18.5 Å². The number of hydrogen-bond donors (Lipinski definition) is 1. The second-order valence-corrected chi connectivity index (χ2v) is 6.20. The monoisotopic (exact) mass is 315 g/mol. The van der Waals surface area contributed by atoms with Gasteiger partial charge in [0.05, 0.1) is 11.8 Å². The highest BCUT2D eigenvalue weighted by Crippen LogP contribution is 2.36. The predicted molar refractivity (Wildman–Crippen MR) is 64.6 cm³/mol. The van der Waals surface area contributed by atoms with Crippen molar-refractivity contribution < 1.29 is 31.1 Å². The van der Waals surface area contributed by atoms with Crippen molar-refractivity contribution in [3.05, 3.63) is 24.0 Å². The zero-order valence-electron chi connectivity index (χ0n) is 10.6. The van der Waals surface area contributed by atoms with Gasteiger partial charge in [-0.25, -0.2) is 12.8 Å². The lowest BCUT2D eigenvalue weighted by molar-refractivity contribution is -0.0435. The van der Waals surface area contributed by atoms with Crippen LogP contribution in [-0.4, -0.2) is 38.7 Å². The van der Waals surface area contributed by atoms with Gasteiger partial charge < -0.3 is 10.0 Å². The summed E-state index contributed by atoms with van der Waals surface area (Å²) < 4.78 is 73.7. The van der Waals surface area contributed by atoms with Crippen LogP contribution >= 0.6 is 0 Å². The molecule has 114 valence electrons. The van der Waals surface area contributed by atoms with Crippen LogP contribution in [0.3, 0.4) is 0 Å². The van der Waals surface area contributed by atoms with Crippen molar-refractivity contribution in [1.29, 1.82) is 0 Å². The Morgan fingerprint density at radius 3 is 2.35 bits per heavy atom. The highest BCUT2D eigenvalue weighted by molar-refractivity contribution is 7.92. The number of likely N-dealkylation sites (N-methyl/N-ethyl adjacent to an activating group) is 1. The highest BCUT2D eigenvalue weighted by atomic mass is 32.2. The fraction of sp³-hybridized carbons (Fsp3) is 0.455. The largest absolute Gasteiger partial charge is 0.501 e. The van der Waals surface area contributed by atoms with E-state index in [0.717, 1.165) is 17.0 Å². The van der Waals surface area contributed by atoms with E-state index < -0.39 is 32.2 Å². The summed E-state index contributed by atoms with van der Waals surface area (Å²) in [6.07, 6.45) is -0.897. The van der Waals surface area contributed by atoms with Gasteiger partial charge in [0.1, 0.15) is 10.7 Å². The number of aliphatic hydroxyl groups excluding tert-OH is 1. The second kappa shape index (κ2) is 5.57. The van der Waals surface area contributed by atoms with Crippen molar-refractivity contribution >= 4 is 15.5 Å². The minimum absolute atomic E-state index is 0.105. The average Bonchev–Trinajstić information content (AvgIpc) is 2.26. The van der Waals surface area contributed by atoms with Crippen LogP contribution in [0.15, 0.2) is 23.1 Å². The molecule has 0 aliphatic rings. The third-order valence-corrected chi connectivity index (χ3v) is 3.98. The number of aliphatic hydroxyl groups is 1. The summed E-state index contributed by atoms with van der Waals surface area (Å²) in [4.78, 5) is -0.0592. The van der Waals surface area contributed by atoms with Gasteiger partial charge in [-0.1, -0.05) is 0 Å². The Bertz CT molecular complexity index is 584. The number of anilines is 1. The number of hydrogen-bond acceptors (Lipinski definition) is 4. The summed E-state index contributed by atoms with van der Waals surface area (Å²) in [7, 11) is -4.37. The molecule has 0 radical (unpaired) electrons. The Morgan fingerprint density at radius 1 is 1.35 bits per heavy atom. The van der Waals surface area contributed by atoms with E-state index in [9.17, 15) is 31.1 Å². The lowest BCUT2D eigenvalue weighted by Crippen LogP contribution is -2.30. The number of halogens is 4. The smallest absolute Gasteiger partial charge is 0.392 e. The Hall–Kier alpha value is -1.35. The molecule has 1 unspecified atom stereocenters. The molecule has 1 N–H and O–H groups in total. The van der Waals surface area contributed by atoms with Crippen LogP contribution in [-0.2, 0) is 9.84 Å². The van der Waals surface area contributed by atoms with Gasteiger partial charge in [0.15, 0.2) is 0 Å². The predicted octanol–water partition coefficient (Wildman–Crippen LogP) is 1.94. The molecule has 1 atom stereocenters. The van der Waals surface area contributed by atoms with E-state index in [1.807, 2.05) is 0 Å². The van der Waals surface area contributed by atoms with Crippen LogP contribution in [0.5, 0.6) is 0 Å². The summed E-state index contributed by atoms with van der Waals surface area (Å²) in [6.45, 7) is 1.28. The lowest BCUT2D eigenvalue weighted by Gasteiger charge is -2.24. The number of alkyl halides is 3. The molecule has 1 aromatic rings. The topological polar surface area (TPSA) is 57.6 Å². The fourth-order valence-corrected chi connectivity index (χ4v) is 2.65. The van der Waals surface area contributed by atoms with Crippen LogP contribution < -0.4 is 4.90 Å². The van der Waals surface area contributed by atoms with Gasteiger partial charge in [0.25, 0.3) is 9.84 Å². The number of benzene rings is 1. The quantitative estimate of drug-likeness (QED) is 0.863. The molecule has 0 amide bonds. The van der Waals surface area contributed by atoms with Gasteiger partial charge in [-0.2, -0.15) is 13.2 Å². The van der Waals surface area contributed by atoms with Crippen LogP contribution in [0.2, 0.25) is 0 Å². The maximum absolute atomic E-state index is 13.1. The van der Waals surface area contributed by atoms with Gasteiger partial charge in [0, 0.05) is 13.6 Å². The van der Waals surface area contributed by atoms with Gasteiger partial charge in [-0.15, -0.1) is 0 Å². The van der Waals surface area contributed by atoms with E-state index in [2.05, 4.69) is 0 Å². The molecule has 0 heterocycles. The summed E-state index contributed by atoms with van der Waals surface area (Å²) in [5.41, 5.74) is -5.86. The molecule has 20 heavy (non-hydrogen) atoms. The van der Waals surface area contributed by atoms with Crippen LogP contribution in [0, 0.1) is 5.82 Å². The normalized spacial score (nSPS) is 14.2. The minimum atomic E-state index is -5.67. The Kier molecular flexibility index (Phi) is 4.65. The first-order valence-electron chi connectivity index (χ1n) is 5.47. The van der Waals surface area contributed by atoms with Crippen LogP contribution in [0.25, 0.3) is 0 Å². The standard InChI is InChI=1S/C11H13F4NO3S/c1-7(17)6-16(2)9-4-3-8(12)5-10(9)20(18,19)11(13,14)15/h3-5,7,17H,6H2,1-2H3. The Labute approximate surface area is 113 Å². The zero-order chi connectivity index (χ0) is 15.7. The van der Waals surface area contributed by atoms with Gasteiger partial charge in [0.2, 0.25) is 0 Å². The van der Waals surface area contributed by atoms with Crippen molar-refractivity contribution in [2.24, 2.45) is 0 Å². The molecule has 0 saturated carbocycles. The molecule has 1 rings (SSSR count). The van der Waals surface area contributed by atoms with Gasteiger partial charge in [-0.3, -0.25) is 0 Å². The van der Waals surface area contributed by atoms with Crippen LogP contribution in [0.4, 0.5) is 23.2 Å². The summed E-state index contributed by atoms with van der Waals surface area (Å²) in [6, 6.07) is 2.09. The molecule has 0 aliphatic carbocycles. The molecule has 0 fully saturated rings. The van der Waals surface area contributed by atoms with Crippen molar-refractivity contribution in [1.82, 2.24) is 0 Å². The summed E-state index contributed by atoms with van der Waals surface area (Å²) >= 11 is 0. The van der Waals surface area contributed by atoms with Gasteiger partial charge in [-0.05, 0) is 25.1 Å². The molecular weight excluding hydrogens is 302 g/mol. The maximum Gasteiger partial charge on any atom is 0.501 e. The molecule has 0 aliphatic heterocycles. The third kappa shape index (κ3) is 3.40. The Balaban J connectivity index is 3.43. The minimum Gasteiger partial charge on any atom is -0.392 e. The van der Waals surface area contributed by atoms with E-state index in [1.54, 1.807) is 0 Å². The third-order valence-electron chi connectivity index (χ3n) is 2.47. The fourth-order valence-electron chi connectivity index (χ4n) is 1.64. The van der Waals surface area contributed by atoms with Crippen molar-refractivity contribution in [3.8, 4) is 0 Å². The molecular formula is C11H13F4NO3S. The first-order chi connectivity index (χ1) is 8.96. The molecule has 4 nitrogen and oxygen atoms in total. The average molecular weight is 315 g/mol. The zero-order valence-corrected chi connectivity index (χ0v) is 11.5. The van der Waals surface area contributed by atoms with Crippen molar-refractivity contribution in [3.63, 3.8) is 0 Å². The second-order valence-electron chi connectivity index (χ2n) is 4.29. The highest BCUT2D eigenvalue weighted by Gasteiger charge is 2.48. The lowest BCUT2D eigenvalue weighted by atomic mass is 10.2. The number of nitrogens with zero attached hydrogens (tertiary/aromatic N) is 1. The summed E-state index contributed by atoms with van der Waals surface area (Å²) in [5, 5.41) is 9.20. The molecule has 0 spiro atoms. The molecule has 0 bridgehead atoms. The number of sulfone groups is 1. The summed E-state index contributed by atoms with van der Waals surface area (Å²) in [5.74, 6) is -1.10. The van der Waals surface area contributed by atoms with E-state index in [4.69, 9.17) is 0 Å². The van der Waals surface area contributed by atoms with E-state index >= 15 is 0 Å². The Morgan fingerprint density at radius 2 is 1.90 bits per heavy atom. The van der Waals surface area contributed by atoms with Crippen molar-refractivity contribution in [2.45, 2.75) is 23.4 Å². The first kappa shape index (κ1) is 16.7. The SMILES string of the molecule is CC(O)CN(C)c1ccc(F)cc1S(=O)(=O)C(F)(F)F. The number of rotatable bonds is 4. The van der Waals surface area contributed by atoms with E-state index in [0.29, 0.717) is 6.07 Å². The van der Waals surface area contributed by atoms with E-state index in [-0.39, 0.29) is 12.2 Å². The molecule has 1 aromatic carbocycles. The van der Waals surface area contributed by atoms with Crippen LogP contribution in [0.1, 0.15) is 6.92 Å². The molecule has 0 saturated heterocycles. The molecule has 9 heteroatoms. The van der Waals surface area contributed by atoms with Gasteiger partial charge >= 0.3 is 5.51 Å². The maximum atomic E-state index is 13.1. The van der Waals surface area contributed by atoms with E-state index in [1.165, 1.54) is 14.0 Å². The molecule has 0 aromatic heterocycles. The first-order valence-corrected chi connectivity index (χ1v) is 6.95.